The average molecular weight is 599 g/mol. The van der Waals surface area contributed by atoms with E-state index in [1.165, 1.54) is 23.3 Å². The van der Waals surface area contributed by atoms with E-state index in [-0.39, 0.29) is 23.6 Å². The predicted octanol–water partition coefficient (Wildman–Crippen LogP) is 4.56. The normalized spacial score (nSPS) is 17.8. The number of para-hydroxylation sites is 1. The maximum Gasteiger partial charge on any atom is 0.320 e. The van der Waals surface area contributed by atoms with Gasteiger partial charge in [-0.05, 0) is 55.9 Å². The zero-order valence-corrected chi connectivity index (χ0v) is 25.4. The average Bonchev–Trinajstić information content (AvgIpc) is 3.58. The Morgan fingerprint density at radius 3 is 2.41 bits per heavy atom. The minimum absolute atomic E-state index is 0.0577. The van der Waals surface area contributed by atoms with Gasteiger partial charge in [-0.25, -0.2) is 15.0 Å². The van der Waals surface area contributed by atoms with Crippen molar-refractivity contribution < 1.29 is 19.2 Å². The van der Waals surface area contributed by atoms with Crippen LogP contribution in [0.3, 0.4) is 0 Å². The molecule has 5 rings (SSSR count). The van der Waals surface area contributed by atoms with Gasteiger partial charge in [-0.15, -0.1) is 0 Å². The van der Waals surface area contributed by atoms with Crippen LogP contribution in [0.4, 0.5) is 10.6 Å². The fourth-order valence-corrected chi connectivity index (χ4v) is 6.03. The van der Waals surface area contributed by atoms with Crippen molar-refractivity contribution in [2.45, 2.75) is 38.1 Å². The highest BCUT2D eigenvalue weighted by molar-refractivity contribution is 5.95. The first kappa shape index (κ1) is 30.7. The Kier molecular flexibility index (Phi) is 9.56. The molecule has 0 radical (unpaired) electrons. The number of methoxy groups -OCH3 is 1. The van der Waals surface area contributed by atoms with Gasteiger partial charge in [0, 0.05) is 50.0 Å². The van der Waals surface area contributed by atoms with Crippen molar-refractivity contribution in [3.63, 3.8) is 0 Å². The van der Waals surface area contributed by atoms with E-state index in [0.29, 0.717) is 35.2 Å². The number of nitrogens with zero attached hydrogens (tertiary/aromatic N) is 3. The molecular formula is C33H38N6O5. The Labute approximate surface area is 256 Å². The third-order valence-corrected chi connectivity index (χ3v) is 8.19. The number of urea groups is 1. The molecule has 1 saturated carbocycles. The van der Waals surface area contributed by atoms with Crippen LogP contribution in [-0.4, -0.2) is 53.2 Å². The van der Waals surface area contributed by atoms with Crippen LogP contribution in [-0.2, 0) is 16.6 Å². The van der Waals surface area contributed by atoms with Crippen LogP contribution in [0.1, 0.15) is 46.7 Å². The van der Waals surface area contributed by atoms with Crippen molar-refractivity contribution in [2.75, 3.05) is 26.1 Å². The van der Waals surface area contributed by atoms with Crippen LogP contribution in [0.15, 0.2) is 77.7 Å². The standard InChI is InChI=1S/C33H38N6O5/c1-21-29(24-19-27(31(40)37-44-4)32(41)38(2)20-24)36-39(25-13-9-6-10-14-25)30(21)35-33(42)34-28-18-22(15-16-43-3)17-26(28)23-11-7-5-8-12-23/h5-14,19-20,22,26,28H,15-18H2,1-4H3,(H,37,40)(H2,34,35,42)/t22-,26-,28+/m0/s1. The molecule has 3 atom stereocenters. The van der Waals surface area contributed by atoms with Crippen molar-refractivity contribution in [1.82, 2.24) is 25.1 Å². The lowest BCUT2D eigenvalue weighted by atomic mass is 9.93. The molecule has 0 aliphatic heterocycles. The van der Waals surface area contributed by atoms with E-state index in [0.717, 1.165) is 24.9 Å². The number of hydroxylamine groups is 1. The Morgan fingerprint density at radius 2 is 1.73 bits per heavy atom. The molecular weight excluding hydrogens is 560 g/mol. The molecule has 2 aromatic carbocycles. The topological polar surface area (TPSA) is 129 Å². The quantitative estimate of drug-likeness (QED) is 0.230. The first-order chi connectivity index (χ1) is 21.3. The zero-order valence-electron chi connectivity index (χ0n) is 25.4. The van der Waals surface area contributed by atoms with E-state index in [9.17, 15) is 14.4 Å². The van der Waals surface area contributed by atoms with E-state index in [2.05, 4.69) is 28.2 Å². The van der Waals surface area contributed by atoms with Gasteiger partial charge in [-0.3, -0.25) is 19.7 Å². The second-order valence-corrected chi connectivity index (χ2v) is 11.1. The largest absolute Gasteiger partial charge is 0.385 e. The molecule has 0 bridgehead atoms. The van der Waals surface area contributed by atoms with E-state index in [1.807, 2.05) is 55.5 Å². The highest BCUT2D eigenvalue weighted by Gasteiger charge is 2.36. The maximum atomic E-state index is 13.7. The summed E-state index contributed by atoms with van der Waals surface area (Å²) >= 11 is 0. The number of hydrogen-bond donors (Lipinski definition) is 3. The maximum absolute atomic E-state index is 13.7. The number of carbonyl (C=O) groups excluding carboxylic acids is 2. The third-order valence-electron chi connectivity index (χ3n) is 8.19. The summed E-state index contributed by atoms with van der Waals surface area (Å²) in [6.45, 7) is 2.53. The fourth-order valence-electron chi connectivity index (χ4n) is 6.03. The lowest BCUT2D eigenvalue weighted by Crippen LogP contribution is -2.40. The van der Waals surface area contributed by atoms with Crippen molar-refractivity contribution in [3.8, 4) is 16.9 Å². The Morgan fingerprint density at radius 1 is 1.02 bits per heavy atom. The molecule has 1 aliphatic carbocycles. The lowest BCUT2D eigenvalue weighted by molar-refractivity contribution is 0.0535. The Balaban J connectivity index is 1.48. The Hall–Kier alpha value is -4.74. The lowest BCUT2D eigenvalue weighted by Gasteiger charge is -2.22. The molecule has 11 nitrogen and oxygen atoms in total. The number of ether oxygens (including phenoxy) is 1. The SMILES string of the molecule is COCC[C@@H]1C[C@@H](NC(=O)Nc2c(C)c(-c3cc(C(=O)NOC)c(=O)n(C)c3)nn2-c2ccccc2)[C@H](c2ccccc2)C1. The van der Waals surface area contributed by atoms with Gasteiger partial charge >= 0.3 is 6.03 Å². The number of aryl methyl sites for hydroxylation is 1. The number of benzene rings is 2. The van der Waals surface area contributed by atoms with Crippen LogP contribution < -0.4 is 21.7 Å². The van der Waals surface area contributed by atoms with Crippen molar-refractivity contribution in [3.05, 3.63) is 100.0 Å². The minimum Gasteiger partial charge on any atom is -0.385 e. The van der Waals surface area contributed by atoms with Crippen LogP contribution in [0.5, 0.6) is 0 Å². The smallest absolute Gasteiger partial charge is 0.320 e. The molecule has 1 aliphatic rings. The number of amides is 3. The first-order valence-corrected chi connectivity index (χ1v) is 14.6. The third kappa shape index (κ3) is 6.58. The van der Waals surface area contributed by atoms with E-state index >= 15 is 0 Å². The van der Waals surface area contributed by atoms with Crippen molar-refractivity contribution in [2.24, 2.45) is 13.0 Å². The van der Waals surface area contributed by atoms with Gasteiger partial charge in [-0.2, -0.15) is 5.10 Å². The summed E-state index contributed by atoms with van der Waals surface area (Å²) < 4.78 is 8.32. The molecule has 44 heavy (non-hydrogen) atoms. The number of nitrogens with one attached hydrogen (secondary N) is 3. The molecule has 2 aromatic heterocycles. The van der Waals surface area contributed by atoms with Crippen LogP contribution >= 0.6 is 0 Å². The van der Waals surface area contributed by atoms with Gasteiger partial charge < -0.3 is 14.6 Å². The van der Waals surface area contributed by atoms with Gasteiger partial charge in [0.1, 0.15) is 11.4 Å². The van der Waals surface area contributed by atoms with Crippen molar-refractivity contribution >= 4 is 17.8 Å². The van der Waals surface area contributed by atoms with Crippen molar-refractivity contribution in [1.29, 1.82) is 0 Å². The molecule has 3 amide bonds. The highest BCUT2D eigenvalue weighted by atomic mass is 16.6. The molecule has 4 aromatic rings. The second kappa shape index (κ2) is 13.7. The van der Waals surface area contributed by atoms with Crippen LogP contribution in [0.2, 0.25) is 0 Å². The first-order valence-electron chi connectivity index (χ1n) is 14.6. The van der Waals surface area contributed by atoms with Gasteiger partial charge in [0.05, 0.1) is 18.5 Å². The van der Waals surface area contributed by atoms with Crippen LogP contribution in [0, 0.1) is 12.8 Å². The molecule has 230 valence electrons. The Bertz CT molecular complexity index is 1670. The monoisotopic (exact) mass is 598 g/mol. The summed E-state index contributed by atoms with van der Waals surface area (Å²) in [6, 6.07) is 20.8. The number of aromatic nitrogens is 3. The zero-order chi connectivity index (χ0) is 31.2. The summed E-state index contributed by atoms with van der Waals surface area (Å²) in [5, 5.41) is 11.2. The summed E-state index contributed by atoms with van der Waals surface area (Å²) in [4.78, 5) is 43.7. The molecule has 2 heterocycles. The fraction of sp³-hybridized carbons (Fsp3) is 0.333. The second-order valence-electron chi connectivity index (χ2n) is 11.1. The van der Waals surface area contributed by atoms with Gasteiger partial charge in [0.2, 0.25) is 0 Å². The van der Waals surface area contributed by atoms with Gasteiger partial charge in [-0.1, -0.05) is 48.5 Å². The molecule has 3 N–H and O–H groups in total. The predicted molar refractivity (Wildman–Crippen MR) is 168 cm³/mol. The molecule has 0 saturated heterocycles. The van der Waals surface area contributed by atoms with Gasteiger partial charge in [0.25, 0.3) is 11.5 Å². The molecule has 0 unspecified atom stereocenters. The van der Waals surface area contributed by atoms with Gasteiger partial charge in [0.15, 0.2) is 0 Å². The number of anilines is 1. The number of carbonyl (C=O) groups is 2. The summed E-state index contributed by atoms with van der Waals surface area (Å²) in [6.07, 6.45) is 4.37. The summed E-state index contributed by atoms with van der Waals surface area (Å²) in [5.41, 5.74) is 5.29. The highest BCUT2D eigenvalue weighted by Crippen LogP contribution is 2.40. The number of rotatable bonds is 10. The minimum atomic E-state index is -0.666. The number of hydrogen-bond acceptors (Lipinski definition) is 6. The van der Waals surface area contributed by atoms with E-state index in [1.54, 1.807) is 25.0 Å². The van der Waals surface area contributed by atoms with E-state index in [4.69, 9.17) is 14.7 Å². The van der Waals surface area contributed by atoms with E-state index < -0.39 is 11.5 Å². The summed E-state index contributed by atoms with van der Waals surface area (Å²) in [5.74, 6) is 0.427. The number of pyridine rings is 1. The van der Waals surface area contributed by atoms with Crippen LogP contribution in [0.25, 0.3) is 16.9 Å². The molecule has 11 heteroatoms. The summed E-state index contributed by atoms with van der Waals surface area (Å²) in [7, 11) is 4.58. The molecule has 0 spiro atoms. The molecule has 1 fully saturated rings.